The summed E-state index contributed by atoms with van der Waals surface area (Å²) in [6.45, 7) is 2.54. The maximum absolute atomic E-state index is 5.57. The summed E-state index contributed by atoms with van der Waals surface area (Å²) in [4.78, 5) is 4.08. The zero-order valence-electron chi connectivity index (χ0n) is 7.36. The predicted molar refractivity (Wildman–Crippen MR) is 51.5 cm³/mol. The van der Waals surface area contributed by atoms with Gasteiger partial charge in [-0.3, -0.25) is 4.99 Å². The van der Waals surface area contributed by atoms with Gasteiger partial charge in [0, 0.05) is 31.7 Å². The molecular formula is C9H13N3O. The van der Waals surface area contributed by atoms with Crippen molar-refractivity contribution in [3.63, 3.8) is 0 Å². The molecule has 70 valence electrons. The molecule has 2 aliphatic rings. The maximum Gasteiger partial charge on any atom is 0.111 e. The highest BCUT2D eigenvalue weighted by atomic mass is 16.5. The van der Waals surface area contributed by atoms with Crippen LogP contribution in [0.3, 0.4) is 0 Å². The maximum atomic E-state index is 5.57. The van der Waals surface area contributed by atoms with Crippen LogP contribution in [0.1, 0.15) is 0 Å². The molecule has 0 amide bonds. The summed E-state index contributed by atoms with van der Waals surface area (Å²) in [6, 6.07) is 0. The lowest BCUT2D eigenvalue weighted by molar-refractivity contribution is 0.0487. The highest BCUT2D eigenvalue weighted by molar-refractivity contribution is 5.72. The van der Waals surface area contributed by atoms with E-state index < -0.39 is 0 Å². The van der Waals surface area contributed by atoms with Gasteiger partial charge in [-0.25, -0.2) is 0 Å². The molecule has 0 saturated carbocycles. The lowest BCUT2D eigenvalue weighted by Crippen LogP contribution is -2.41. The third kappa shape index (κ3) is 2.17. The third-order valence-corrected chi connectivity index (χ3v) is 2.01. The van der Waals surface area contributed by atoms with Crippen molar-refractivity contribution < 1.29 is 4.74 Å². The quantitative estimate of drug-likeness (QED) is 0.595. The third-order valence-electron chi connectivity index (χ3n) is 2.01. The van der Waals surface area contributed by atoms with Gasteiger partial charge in [-0.05, 0) is 6.08 Å². The average Bonchev–Trinajstić information content (AvgIpc) is 2.47. The predicted octanol–water partition coefficient (Wildman–Crippen LogP) is 0.00390. The molecule has 0 radical (unpaired) electrons. The zero-order chi connectivity index (χ0) is 8.93. The number of nitrogens with one attached hydrogen (secondary N) is 2. The average molecular weight is 179 g/mol. The number of morpholine rings is 1. The molecule has 4 nitrogen and oxygen atoms in total. The van der Waals surface area contributed by atoms with Crippen LogP contribution in [0, 0.1) is 0 Å². The summed E-state index contributed by atoms with van der Waals surface area (Å²) in [7, 11) is 0. The number of hydrogen-bond donors (Lipinski definition) is 2. The largest absolute Gasteiger partial charge is 0.369 e. The summed E-state index contributed by atoms with van der Waals surface area (Å²) in [6.07, 6.45) is 7.38. The van der Waals surface area contributed by atoms with Gasteiger partial charge in [0.25, 0.3) is 0 Å². The molecule has 4 heteroatoms. The number of aliphatic imine (C=N–C) groups is 1. The molecule has 13 heavy (non-hydrogen) atoms. The van der Waals surface area contributed by atoms with Gasteiger partial charge < -0.3 is 15.4 Å². The van der Waals surface area contributed by atoms with Crippen LogP contribution >= 0.6 is 0 Å². The standard InChI is InChI=1S/C9H13N3O/c1-2-10-6-8(12-3-1)9-7-11-4-5-13-9/h1-3,6,9,11-12H,4-5,7H2. The van der Waals surface area contributed by atoms with Crippen molar-refractivity contribution in [1.29, 1.82) is 0 Å². The van der Waals surface area contributed by atoms with Crippen LogP contribution in [0.15, 0.2) is 29.2 Å². The molecule has 1 unspecified atom stereocenters. The van der Waals surface area contributed by atoms with Crippen LogP contribution in [-0.4, -0.2) is 32.0 Å². The van der Waals surface area contributed by atoms with Crippen LogP contribution < -0.4 is 10.6 Å². The molecular weight excluding hydrogens is 166 g/mol. The van der Waals surface area contributed by atoms with Gasteiger partial charge in [-0.15, -0.1) is 0 Å². The van der Waals surface area contributed by atoms with Gasteiger partial charge in [-0.2, -0.15) is 0 Å². The molecule has 0 aromatic heterocycles. The number of hydrogen-bond acceptors (Lipinski definition) is 4. The molecule has 0 spiro atoms. The Morgan fingerprint density at radius 1 is 1.54 bits per heavy atom. The van der Waals surface area contributed by atoms with Crippen LogP contribution in [0.2, 0.25) is 0 Å². The summed E-state index contributed by atoms with van der Waals surface area (Å²) in [5, 5.41) is 6.41. The fraction of sp³-hybridized carbons (Fsp3) is 0.444. The Morgan fingerprint density at radius 2 is 2.54 bits per heavy atom. The van der Waals surface area contributed by atoms with Crippen molar-refractivity contribution in [2.24, 2.45) is 4.99 Å². The Balaban J connectivity index is 2.01. The first-order chi connectivity index (χ1) is 6.47. The fourth-order valence-corrected chi connectivity index (χ4v) is 1.34. The van der Waals surface area contributed by atoms with Gasteiger partial charge in [0.2, 0.25) is 0 Å². The van der Waals surface area contributed by atoms with E-state index in [1.54, 1.807) is 12.4 Å². The first-order valence-electron chi connectivity index (χ1n) is 4.44. The van der Waals surface area contributed by atoms with E-state index >= 15 is 0 Å². The summed E-state index contributed by atoms with van der Waals surface area (Å²) >= 11 is 0. The first kappa shape index (κ1) is 8.47. The van der Waals surface area contributed by atoms with E-state index in [2.05, 4.69) is 15.6 Å². The summed E-state index contributed by atoms with van der Waals surface area (Å²) in [5.41, 5.74) is 1.01. The Hall–Kier alpha value is -1.13. The second-order valence-corrected chi connectivity index (χ2v) is 2.95. The van der Waals surface area contributed by atoms with E-state index in [-0.39, 0.29) is 6.10 Å². The minimum Gasteiger partial charge on any atom is -0.369 e. The monoisotopic (exact) mass is 179 g/mol. The Kier molecular flexibility index (Phi) is 2.74. The van der Waals surface area contributed by atoms with Crippen LogP contribution in [0.5, 0.6) is 0 Å². The molecule has 0 aromatic carbocycles. The van der Waals surface area contributed by atoms with Gasteiger partial charge in [-0.1, -0.05) is 0 Å². The molecule has 2 heterocycles. The van der Waals surface area contributed by atoms with Crippen molar-refractivity contribution in [2.45, 2.75) is 6.10 Å². The number of rotatable bonds is 1. The minimum absolute atomic E-state index is 0.105. The lowest BCUT2D eigenvalue weighted by Gasteiger charge is -2.25. The number of ether oxygens (including phenoxy) is 1. The SMILES string of the molecule is C1=CNC(C2CNCCO2)=CN=C1. The first-order valence-corrected chi connectivity index (χ1v) is 4.44. The summed E-state index contributed by atoms with van der Waals surface area (Å²) in [5.74, 6) is 0. The van der Waals surface area contributed by atoms with Crippen LogP contribution in [-0.2, 0) is 4.74 Å². The van der Waals surface area contributed by atoms with Gasteiger partial charge in [0.1, 0.15) is 6.10 Å². The van der Waals surface area contributed by atoms with Crippen molar-refractivity contribution in [2.75, 3.05) is 19.7 Å². The minimum atomic E-state index is 0.105. The smallest absolute Gasteiger partial charge is 0.111 e. The normalized spacial score (nSPS) is 27.7. The molecule has 2 N–H and O–H groups in total. The molecule has 0 aliphatic carbocycles. The van der Waals surface area contributed by atoms with E-state index in [0.717, 1.165) is 25.4 Å². The zero-order valence-corrected chi connectivity index (χ0v) is 7.36. The number of allylic oxidation sites excluding steroid dienone is 1. The van der Waals surface area contributed by atoms with E-state index in [1.165, 1.54) is 0 Å². The summed E-state index contributed by atoms with van der Waals surface area (Å²) < 4.78 is 5.57. The van der Waals surface area contributed by atoms with Gasteiger partial charge in [0.05, 0.1) is 12.3 Å². The molecule has 2 aliphatic heterocycles. The van der Waals surface area contributed by atoms with Crippen LogP contribution in [0.25, 0.3) is 0 Å². The fourth-order valence-electron chi connectivity index (χ4n) is 1.34. The molecule has 0 aromatic rings. The molecule has 1 saturated heterocycles. The van der Waals surface area contributed by atoms with Crippen molar-refractivity contribution in [3.8, 4) is 0 Å². The molecule has 1 atom stereocenters. The van der Waals surface area contributed by atoms with E-state index in [9.17, 15) is 0 Å². The highest BCUT2D eigenvalue weighted by Gasteiger charge is 2.17. The second-order valence-electron chi connectivity index (χ2n) is 2.95. The highest BCUT2D eigenvalue weighted by Crippen LogP contribution is 2.07. The molecule has 2 rings (SSSR count). The van der Waals surface area contributed by atoms with Gasteiger partial charge >= 0.3 is 0 Å². The van der Waals surface area contributed by atoms with E-state index in [0.29, 0.717) is 0 Å². The second kappa shape index (κ2) is 4.20. The van der Waals surface area contributed by atoms with Gasteiger partial charge in [0.15, 0.2) is 0 Å². The van der Waals surface area contributed by atoms with Crippen LogP contribution in [0.4, 0.5) is 0 Å². The van der Waals surface area contributed by atoms with E-state index in [1.807, 2.05) is 12.3 Å². The Labute approximate surface area is 77.4 Å². The lowest BCUT2D eigenvalue weighted by atomic mass is 10.2. The topological polar surface area (TPSA) is 45.6 Å². The molecule has 1 fully saturated rings. The van der Waals surface area contributed by atoms with Crippen molar-refractivity contribution >= 4 is 6.21 Å². The molecule has 0 bridgehead atoms. The number of nitrogens with zero attached hydrogens (tertiary/aromatic N) is 1. The van der Waals surface area contributed by atoms with E-state index in [4.69, 9.17) is 4.74 Å². The van der Waals surface area contributed by atoms with Crippen molar-refractivity contribution in [1.82, 2.24) is 10.6 Å². The Morgan fingerprint density at radius 3 is 3.38 bits per heavy atom. The van der Waals surface area contributed by atoms with Crippen molar-refractivity contribution in [3.05, 3.63) is 24.2 Å². The Bertz CT molecular complexity index is 252.